The summed E-state index contributed by atoms with van der Waals surface area (Å²) in [6, 6.07) is -0.607. The lowest BCUT2D eigenvalue weighted by atomic mass is 10.3. The van der Waals surface area contributed by atoms with E-state index in [4.69, 9.17) is 0 Å². The van der Waals surface area contributed by atoms with Gasteiger partial charge in [-0.25, -0.2) is 9.78 Å². The molecule has 0 bridgehead atoms. The Bertz CT molecular complexity index is 420. The third-order valence-corrected chi connectivity index (χ3v) is 3.87. The smallest absolute Gasteiger partial charge is 0.328 e. The summed E-state index contributed by atoms with van der Waals surface area (Å²) in [5, 5.41) is 5.58. The molecule has 1 unspecified atom stereocenters. The molecule has 0 aliphatic carbocycles. The Morgan fingerprint density at radius 2 is 2.33 bits per heavy atom. The number of carbonyl (C=O) groups excluding carboxylic acids is 2. The van der Waals surface area contributed by atoms with Gasteiger partial charge in [-0.15, -0.1) is 23.1 Å². The summed E-state index contributed by atoms with van der Waals surface area (Å²) in [7, 11) is 1.30. The van der Waals surface area contributed by atoms with Crippen molar-refractivity contribution in [2.24, 2.45) is 0 Å². The summed E-state index contributed by atoms with van der Waals surface area (Å²) in [5.41, 5.74) is 0.983. The van der Waals surface area contributed by atoms with Crippen molar-refractivity contribution < 1.29 is 14.3 Å². The second kappa shape index (κ2) is 7.38. The molecular weight excluding hydrogens is 272 g/mol. The van der Waals surface area contributed by atoms with Gasteiger partial charge in [-0.3, -0.25) is 4.79 Å². The summed E-state index contributed by atoms with van der Waals surface area (Å²) in [5.74, 6) is 0.385. The van der Waals surface area contributed by atoms with Gasteiger partial charge >= 0.3 is 5.97 Å². The molecule has 18 heavy (non-hydrogen) atoms. The molecule has 5 nitrogen and oxygen atoms in total. The number of nitrogens with zero attached hydrogens (tertiary/aromatic N) is 1. The number of aryl methyl sites for hydroxylation is 1. The minimum absolute atomic E-state index is 0.176. The number of esters is 1. The Balaban J connectivity index is 2.23. The lowest BCUT2D eigenvalue weighted by Crippen LogP contribution is -2.40. The summed E-state index contributed by atoms with van der Waals surface area (Å²) in [4.78, 5) is 26.9. The number of ether oxygens (including phenoxy) is 1. The Hall–Kier alpha value is -1.08. The van der Waals surface area contributed by atoms with Crippen molar-refractivity contribution in [2.45, 2.75) is 25.6 Å². The van der Waals surface area contributed by atoms with Gasteiger partial charge in [0.2, 0.25) is 5.91 Å². The van der Waals surface area contributed by atoms with E-state index < -0.39 is 12.0 Å². The molecule has 1 N–H and O–H groups in total. The van der Waals surface area contributed by atoms with E-state index in [1.54, 1.807) is 18.3 Å². The highest BCUT2D eigenvalue weighted by molar-refractivity contribution is 7.99. The monoisotopic (exact) mass is 288 g/mol. The average molecular weight is 288 g/mol. The van der Waals surface area contributed by atoms with E-state index in [0.717, 1.165) is 10.7 Å². The molecule has 0 saturated carbocycles. The number of methoxy groups -OCH3 is 1. The van der Waals surface area contributed by atoms with Gasteiger partial charge in [0, 0.05) is 11.1 Å². The van der Waals surface area contributed by atoms with E-state index in [9.17, 15) is 9.59 Å². The van der Waals surface area contributed by atoms with Gasteiger partial charge in [-0.05, 0) is 13.8 Å². The number of hydrogen-bond acceptors (Lipinski definition) is 6. The standard InChI is InChI=1S/C11H16N2O3S2/c1-7(11(15)16-3)12-10(14)6-17-4-9-5-18-8(2)13-9/h5,7H,4,6H2,1-3H3,(H,12,14). The number of thioether (sulfide) groups is 1. The zero-order valence-electron chi connectivity index (χ0n) is 10.6. The fraction of sp³-hybridized carbons (Fsp3) is 0.545. The average Bonchev–Trinajstić information content (AvgIpc) is 2.73. The maximum Gasteiger partial charge on any atom is 0.328 e. The normalized spacial score (nSPS) is 11.9. The Kier molecular flexibility index (Phi) is 6.14. The second-order valence-corrected chi connectivity index (χ2v) is 5.71. The van der Waals surface area contributed by atoms with E-state index in [1.807, 2.05) is 12.3 Å². The molecule has 1 aromatic heterocycles. The number of nitrogens with one attached hydrogen (secondary N) is 1. The molecule has 0 fully saturated rings. The molecule has 100 valence electrons. The van der Waals surface area contributed by atoms with E-state index in [-0.39, 0.29) is 5.91 Å². The van der Waals surface area contributed by atoms with E-state index >= 15 is 0 Å². The molecule has 1 aromatic rings. The molecule has 0 aromatic carbocycles. The molecule has 0 aliphatic heterocycles. The van der Waals surface area contributed by atoms with Gasteiger partial charge in [-0.1, -0.05) is 0 Å². The van der Waals surface area contributed by atoms with E-state index in [2.05, 4.69) is 15.0 Å². The van der Waals surface area contributed by atoms with Crippen LogP contribution in [0.4, 0.5) is 0 Å². The predicted molar refractivity (Wildman–Crippen MR) is 72.6 cm³/mol. The second-order valence-electron chi connectivity index (χ2n) is 3.66. The predicted octanol–water partition coefficient (Wildman–Crippen LogP) is 1.36. The molecule has 1 amide bonds. The largest absolute Gasteiger partial charge is 0.467 e. The van der Waals surface area contributed by atoms with E-state index in [0.29, 0.717) is 11.5 Å². The highest BCUT2D eigenvalue weighted by Gasteiger charge is 2.15. The van der Waals surface area contributed by atoms with Crippen molar-refractivity contribution in [1.29, 1.82) is 0 Å². The van der Waals surface area contributed by atoms with Crippen molar-refractivity contribution >= 4 is 35.0 Å². The van der Waals surface area contributed by atoms with Crippen molar-refractivity contribution in [1.82, 2.24) is 10.3 Å². The van der Waals surface area contributed by atoms with Crippen LogP contribution in [0.1, 0.15) is 17.6 Å². The Morgan fingerprint density at radius 3 is 2.89 bits per heavy atom. The molecule has 1 rings (SSSR count). The lowest BCUT2D eigenvalue weighted by Gasteiger charge is -2.10. The SMILES string of the molecule is COC(=O)C(C)NC(=O)CSCc1csc(C)n1. The maximum atomic E-state index is 11.5. The number of thiazole rings is 1. The van der Waals surface area contributed by atoms with Crippen LogP contribution < -0.4 is 5.32 Å². The van der Waals surface area contributed by atoms with Crippen molar-refractivity contribution in [2.75, 3.05) is 12.9 Å². The lowest BCUT2D eigenvalue weighted by molar-refractivity contribution is -0.144. The van der Waals surface area contributed by atoms with Gasteiger partial charge in [0.15, 0.2) is 0 Å². The molecule has 0 spiro atoms. The zero-order valence-corrected chi connectivity index (χ0v) is 12.2. The highest BCUT2D eigenvalue weighted by atomic mass is 32.2. The topological polar surface area (TPSA) is 68.3 Å². The van der Waals surface area contributed by atoms with Gasteiger partial charge < -0.3 is 10.1 Å². The highest BCUT2D eigenvalue weighted by Crippen LogP contribution is 2.14. The quantitative estimate of drug-likeness (QED) is 0.801. The van der Waals surface area contributed by atoms with Crippen LogP contribution in [0.5, 0.6) is 0 Å². The van der Waals surface area contributed by atoms with Crippen LogP contribution in [-0.4, -0.2) is 35.8 Å². The summed E-state index contributed by atoms with van der Waals surface area (Å²) in [6.07, 6.45) is 0. The Morgan fingerprint density at radius 1 is 1.61 bits per heavy atom. The summed E-state index contributed by atoms with van der Waals surface area (Å²) < 4.78 is 4.52. The molecule has 0 saturated heterocycles. The third kappa shape index (κ3) is 5.05. The number of aromatic nitrogens is 1. The minimum atomic E-state index is -0.607. The van der Waals surface area contributed by atoms with Crippen LogP contribution in [0.25, 0.3) is 0 Å². The minimum Gasteiger partial charge on any atom is -0.467 e. The van der Waals surface area contributed by atoms with Crippen LogP contribution in [0.15, 0.2) is 5.38 Å². The maximum absolute atomic E-state index is 11.5. The molecule has 0 aliphatic rings. The van der Waals surface area contributed by atoms with Crippen LogP contribution in [0.3, 0.4) is 0 Å². The number of hydrogen-bond donors (Lipinski definition) is 1. The first-order valence-electron chi connectivity index (χ1n) is 5.39. The Labute approximate surface area is 114 Å². The fourth-order valence-electron chi connectivity index (χ4n) is 1.24. The summed E-state index contributed by atoms with van der Waals surface area (Å²) in [6.45, 7) is 3.54. The third-order valence-electron chi connectivity index (χ3n) is 2.08. The molecule has 1 heterocycles. The number of carbonyl (C=O) groups is 2. The number of amides is 1. The van der Waals surface area contributed by atoms with Gasteiger partial charge in [0.1, 0.15) is 6.04 Å². The first-order valence-corrected chi connectivity index (χ1v) is 7.42. The fourth-order valence-corrected chi connectivity index (χ4v) is 2.69. The first-order chi connectivity index (χ1) is 8.52. The summed E-state index contributed by atoms with van der Waals surface area (Å²) >= 11 is 3.06. The van der Waals surface area contributed by atoms with Gasteiger partial charge in [0.05, 0.1) is 23.6 Å². The van der Waals surface area contributed by atoms with Crippen LogP contribution in [0, 0.1) is 6.92 Å². The van der Waals surface area contributed by atoms with Crippen molar-refractivity contribution in [3.05, 3.63) is 16.1 Å². The molecule has 7 heteroatoms. The number of rotatable bonds is 6. The molecule has 1 atom stereocenters. The zero-order chi connectivity index (χ0) is 13.5. The molecule has 0 radical (unpaired) electrons. The van der Waals surface area contributed by atoms with Crippen LogP contribution in [0.2, 0.25) is 0 Å². The van der Waals surface area contributed by atoms with Crippen LogP contribution >= 0.6 is 23.1 Å². The van der Waals surface area contributed by atoms with Crippen molar-refractivity contribution in [3.63, 3.8) is 0 Å². The van der Waals surface area contributed by atoms with Crippen molar-refractivity contribution in [3.8, 4) is 0 Å². The van der Waals surface area contributed by atoms with Crippen LogP contribution in [-0.2, 0) is 20.1 Å². The molecular formula is C11H16N2O3S2. The van der Waals surface area contributed by atoms with Gasteiger partial charge in [0.25, 0.3) is 0 Å². The van der Waals surface area contributed by atoms with Gasteiger partial charge in [-0.2, -0.15) is 0 Å². The first kappa shape index (κ1) is 15.0. The van der Waals surface area contributed by atoms with E-state index in [1.165, 1.54) is 18.9 Å².